The Kier molecular flexibility index (Phi) is 6.22. The molecule has 0 aliphatic carbocycles. The molecule has 18 heavy (non-hydrogen) atoms. The molecule has 0 aliphatic rings. The molecule has 0 unspecified atom stereocenters. The number of hydrogen-bond donors (Lipinski definition) is 1. The van der Waals surface area contributed by atoms with Crippen molar-refractivity contribution < 1.29 is 9.53 Å². The summed E-state index contributed by atoms with van der Waals surface area (Å²) in [6.07, 6.45) is 0. The third-order valence-electron chi connectivity index (χ3n) is 2.29. The topological polar surface area (TPSA) is 38.3 Å². The molecule has 1 rings (SSSR count). The molecule has 1 N–H and O–H groups in total. The number of rotatable bonds is 6. The number of thioether (sulfide) groups is 1. The van der Waals surface area contributed by atoms with E-state index in [0.717, 1.165) is 10.5 Å². The zero-order valence-electron chi connectivity index (χ0n) is 11.4. The van der Waals surface area contributed by atoms with Crippen molar-refractivity contribution in [3.63, 3.8) is 0 Å². The highest BCUT2D eigenvalue weighted by Crippen LogP contribution is 2.26. The van der Waals surface area contributed by atoms with Gasteiger partial charge < -0.3 is 10.1 Å². The predicted molar refractivity (Wildman–Crippen MR) is 76.2 cm³/mol. The van der Waals surface area contributed by atoms with Crippen molar-refractivity contribution in [2.75, 3.05) is 13.7 Å². The maximum Gasteiger partial charge on any atom is 0.252 e. The standard InChI is InChI=1S/C14H21NO2S/c1-10(2)18-13-8-6-5-7-12(13)14(16)15-11(3)9-17-4/h5-8,10-11H,9H2,1-4H3,(H,15,16)/t11-/m1/s1. The van der Waals surface area contributed by atoms with E-state index in [1.54, 1.807) is 18.9 Å². The van der Waals surface area contributed by atoms with Gasteiger partial charge in [-0.1, -0.05) is 26.0 Å². The van der Waals surface area contributed by atoms with Crippen LogP contribution in [0.3, 0.4) is 0 Å². The van der Waals surface area contributed by atoms with Gasteiger partial charge >= 0.3 is 0 Å². The zero-order valence-corrected chi connectivity index (χ0v) is 12.2. The van der Waals surface area contributed by atoms with Crippen LogP contribution in [0, 0.1) is 0 Å². The van der Waals surface area contributed by atoms with Crippen LogP contribution < -0.4 is 5.32 Å². The van der Waals surface area contributed by atoms with E-state index in [4.69, 9.17) is 4.74 Å². The number of carbonyl (C=O) groups excluding carboxylic acids is 1. The van der Waals surface area contributed by atoms with Crippen LogP contribution in [0.25, 0.3) is 0 Å². The number of carbonyl (C=O) groups is 1. The molecule has 1 atom stereocenters. The first-order chi connectivity index (χ1) is 8.54. The molecule has 0 saturated carbocycles. The Morgan fingerprint density at radius 1 is 1.33 bits per heavy atom. The van der Waals surface area contributed by atoms with E-state index in [1.165, 1.54) is 0 Å². The third kappa shape index (κ3) is 4.70. The van der Waals surface area contributed by atoms with E-state index in [2.05, 4.69) is 19.2 Å². The molecule has 0 fully saturated rings. The van der Waals surface area contributed by atoms with Crippen molar-refractivity contribution in [3.05, 3.63) is 29.8 Å². The molecule has 0 heterocycles. The van der Waals surface area contributed by atoms with Crippen molar-refractivity contribution in [1.29, 1.82) is 0 Å². The molecule has 0 saturated heterocycles. The first kappa shape index (κ1) is 15.1. The molecule has 100 valence electrons. The van der Waals surface area contributed by atoms with E-state index in [-0.39, 0.29) is 11.9 Å². The lowest BCUT2D eigenvalue weighted by Gasteiger charge is -2.15. The highest BCUT2D eigenvalue weighted by molar-refractivity contribution is 8.00. The highest BCUT2D eigenvalue weighted by Gasteiger charge is 2.14. The van der Waals surface area contributed by atoms with E-state index >= 15 is 0 Å². The van der Waals surface area contributed by atoms with Crippen molar-refractivity contribution in [2.24, 2.45) is 0 Å². The number of nitrogens with one attached hydrogen (secondary N) is 1. The summed E-state index contributed by atoms with van der Waals surface area (Å²) in [5.41, 5.74) is 0.735. The molecule has 3 nitrogen and oxygen atoms in total. The van der Waals surface area contributed by atoms with Gasteiger partial charge in [-0.3, -0.25) is 4.79 Å². The lowest BCUT2D eigenvalue weighted by atomic mass is 10.2. The van der Waals surface area contributed by atoms with Crippen LogP contribution >= 0.6 is 11.8 Å². The predicted octanol–water partition coefficient (Wildman–Crippen LogP) is 2.95. The SMILES string of the molecule is COC[C@@H](C)NC(=O)c1ccccc1SC(C)C. The van der Waals surface area contributed by atoms with Crippen molar-refractivity contribution in [2.45, 2.75) is 37.0 Å². The second-order valence-electron chi connectivity index (χ2n) is 4.49. The lowest BCUT2D eigenvalue weighted by Crippen LogP contribution is -2.35. The van der Waals surface area contributed by atoms with Gasteiger partial charge in [-0.25, -0.2) is 0 Å². The van der Waals surface area contributed by atoms with Crippen LogP contribution in [0.5, 0.6) is 0 Å². The van der Waals surface area contributed by atoms with Gasteiger partial charge in [0.05, 0.1) is 12.2 Å². The van der Waals surface area contributed by atoms with E-state index in [0.29, 0.717) is 11.9 Å². The molecule has 1 aromatic carbocycles. The normalized spacial score (nSPS) is 12.5. The second kappa shape index (κ2) is 7.44. The van der Waals surface area contributed by atoms with Gasteiger partial charge in [-0.05, 0) is 19.1 Å². The fourth-order valence-electron chi connectivity index (χ4n) is 1.60. The first-order valence-corrected chi connectivity index (χ1v) is 6.98. The van der Waals surface area contributed by atoms with Crippen LogP contribution in [-0.2, 0) is 4.74 Å². The molecule has 1 aromatic rings. The van der Waals surface area contributed by atoms with Crippen molar-refractivity contribution >= 4 is 17.7 Å². The van der Waals surface area contributed by atoms with Gasteiger partial charge in [0.25, 0.3) is 5.91 Å². The number of methoxy groups -OCH3 is 1. The summed E-state index contributed by atoms with van der Waals surface area (Å²) in [5.74, 6) is -0.0386. The maximum atomic E-state index is 12.2. The Morgan fingerprint density at radius 2 is 2.00 bits per heavy atom. The molecule has 0 spiro atoms. The van der Waals surface area contributed by atoms with E-state index in [1.807, 2.05) is 31.2 Å². The van der Waals surface area contributed by atoms with Crippen LogP contribution in [0.4, 0.5) is 0 Å². The number of amides is 1. The molecule has 1 amide bonds. The summed E-state index contributed by atoms with van der Waals surface area (Å²) in [6.45, 7) is 6.69. The molecule has 4 heteroatoms. The van der Waals surface area contributed by atoms with Crippen LogP contribution in [0.15, 0.2) is 29.2 Å². The van der Waals surface area contributed by atoms with E-state index < -0.39 is 0 Å². The van der Waals surface area contributed by atoms with E-state index in [9.17, 15) is 4.79 Å². The van der Waals surface area contributed by atoms with Gasteiger partial charge in [0.1, 0.15) is 0 Å². The Balaban J connectivity index is 2.78. The Bertz CT molecular complexity index is 393. The van der Waals surface area contributed by atoms with Crippen LogP contribution in [0.1, 0.15) is 31.1 Å². The number of ether oxygens (including phenoxy) is 1. The summed E-state index contributed by atoms with van der Waals surface area (Å²) in [5, 5.41) is 3.39. The molecule has 0 aromatic heterocycles. The minimum Gasteiger partial charge on any atom is -0.383 e. The first-order valence-electron chi connectivity index (χ1n) is 6.10. The lowest BCUT2D eigenvalue weighted by molar-refractivity contribution is 0.0902. The Labute approximate surface area is 113 Å². The maximum absolute atomic E-state index is 12.2. The average molecular weight is 267 g/mol. The summed E-state index contributed by atoms with van der Waals surface area (Å²) >= 11 is 1.70. The average Bonchev–Trinajstić information content (AvgIpc) is 2.28. The van der Waals surface area contributed by atoms with Crippen LogP contribution in [0.2, 0.25) is 0 Å². The smallest absolute Gasteiger partial charge is 0.252 e. The fourth-order valence-corrected chi connectivity index (χ4v) is 2.56. The molecular weight excluding hydrogens is 246 g/mol. The molecule has 0 aliphatic heterocycles. The summed E-state index contributed by atoms with van der Waals surface area (Å²) < 4.78 is 5.02. The minimum atomic E-state index is -0.0386. The third-order valence-corrected chi connectivity index (χ3v) is 3.37. The summed E-state index contributed by atoms with van der Waals surface area (Å²) in [7, 11) is 1.63. The van der Waals surface area contributed by atoms with Crippen LogP contribution in [-0.4, -0.2) is 30.9 Å². The van der Waals surface area contributed by atoms with Gasteiger partial charge in [0, 0.05) is 23.3 Å². The Hall–Kier alpha value is -1.00. The van der Waals surface area contributed by atoms with Gasteiger partial charge in [0.15, 0.2) is 0 Å². The monoisotopic (exact) mass is 267 g/mol. The minimum absolute atomic E-state index is 0.0135. The largest absolute Gasteiger partial charge is 0.383 e. The van der Waals surface area contributed by atoms with Gasteiger partial charge in [-0.15, -0.1) is 11.8 Å². The number of hydrogen-bond acceptors (Lipinski definition) is 3. The molecule has 0 radical (unpaired) electrons. The number of benzene rings is 1. The van der Waals surface area contributed by atoms with Gasteiger partial charge in [0.2, 0.25) is 0 Å². The highest BCUT2D eigenvalue weighted by atomic mass is 32.2. The van der Waals surface area contributed by atoms with Gasteiger partial charge in [-0.2, -0.15) is 0 Å². The molecule has 0 bridgehead atoms. The Morgan fingerprint density at radius 3 is 2.61 bits per heavy atom. The molecular formula is C14H21NO2S. The fraction of sp³-hybridized carbons (Fsp3) is 0.500. The summed E-state index contributed by atoms with van der Waals surface area (Å²) in [6, 6.07) is 7.71. The zero-order chi connectivity index (χ0) is 13.5. The quantitative estimate of drug-likeness (QED) is 0.805. The second-order valence-corrected chi connectivity index (χ2v) is 6.11. The van der Waals surface area contributed by atoms with Crippen molar-refractivity contribution in [3.8, 4) is 0 Å². The van der Waals surface area contributed by atoms with Crippen molar-refractivity contribution in [1.82, 2.24) is 5.32 Å². The summed E-state index contributed by atoms with van der Waals surface area (Å²) in [4.78, 5) is 13.2.